The number of hydrogen-bond acceptors (Lipinski definition) is 4. The lowest BCUT2D eigenvalue weighted by Crippen LogP contribution is -2.46. The Hall–Kier alpha value is -1.71. The van der Waals surface area contributed by atoms with E-state index in [0.717, 1.165) is 31.4 Å². The minimum atomic E-state index is 0.123. The van der Waals surface area contributed by atoms with Crippen LogP contribution in [0.3, 0.4) is 0 Å². The molecule has 21 heavy (non-hydrogen) atoms. The molecule has 4 nitrogen and oxygen atoms in total. The van der Waals surface area contributed by atoms with E-state index >= 15 is 0 Å². The average Bonchev–Trinajstić information content (AvgIpc) is 2.46. The van der Waals surface area contributed by atoms with Crippen LogP contribution in [-0.2, 0) is 11.2 Å². The van der Waals surface area contributed by atoms with Gasteiger partial charge in [0.25, 0.3) is 0 Å². The number of isothiocyanates is 1. The predicted molar refractivity (Wildman–Crippen MR) is 85.9 cm³/mol. The lowest BCUT2D eigenvalue weighted by Gasteiger charge is -2.32. The SMILES string of the molecule is COc1ccc(CCCC(=O)N[C@H]2C[C@@H](N=C=S)C2)cc1. The van der Waals surface area contributed by atoms with Crippen LogP contribution in [0.1, 0.15) is 31.2 Å². The van der Waals surface area contributed by atoms with Crippen molar-refractivity contribution in [2.24, 2.45) is 4.99 Å². The van der Waals surface area contributed by atoms with E-state index in [1.54, 1.807) is 7.11 Å². The molecule has 1 saturated carbocycles. The van der Waals surface area contributed by atoms with E-state index in [9.17, 15) is 4.79 Å². The van der Waals surface area contributed by atoms with Gasteiger partial charge in [0.05, 0.1) is 18.3 Å². The number of methoxy groups -OCH3 is 1. The fourth-order valence-corrected chi connectivity index (χ4v) is 2.58. The number of carbonyl (C=O) groups excluding carboxylic acids is 1. The summed E-state index contributed by atoms with van der Waals surface area (Å²) in [6.45, 7) is 0. The van der Waals surface area contributed by atoms with E-state index in [-0.39, 0.29) is 18.0 Å². The molecule has 1 aromatic rings. The number of nitrogens with one attached hydrogen (secondary N) is 1. The summed E-state index contributed by atoms with van der Waals surface area (Å²) in [6.07, 6.45) is 4.08. The number of ether oxygens (including phenoxy) is 1. The first-order valence-electron chi connectivity index (χ1n) is 7.20. The van der Waals surface area contributed by atoms with Gasteiger partial charge in [0.1, 0.15) is 5.75 Å². The molecule has 1 aliphatic rings. The molecule has 1 fully saturated rings. The average molecular weight is 304 g/mol. The number of hydrogen-bond donors (Lipinski definition) is 1. The molecule has 0 aromatic heterocycles. The van der Waals surface area contributed by atoms with E-state index < -0.39 is 0 Å². The molecule has 1 N–H and O–H groups in total. The second kappa shape index (κ2) is 7.91. The molecule has 0 spiro atoms. The topological polar surface area (TPSA) is 50.7 Å². The zero-order valence-electron chi connectivity index (χ0n) is 12.2. The molecular weight excluding hydrogens is 284 g/mol. The molecule has 0 bridgehead atoms. The van der Waals surface area contributed by atoms with Crippen molar-refractivity contribution in [1.29, 1.82) is 0 Å². The van der Waals surface area contributed by atoms with Gasteiger partial charge in [-0.05, 0) is 55.6 Å². The molecule has 0 unspecified atom stereocenters. The quantitative estimate of drug-likeness (QED) is 0.622. The molecule has 1 amide bonds. The van der Waals surface area contributed by atoms with Gasteiger partial charge >= 0.3 is 0 Å². The fraction of sp³-hybridized carbons (Fsp3) is 0.500. The molecule has 0 saturated heterocycles. The van der Waals surface area contributed by atoms with Crippen molar-refractivity contribution < 1.29 is 9.53 Å². The molecule has 2 rings (SSSR count). The molecule has 1 aliphatic carbocycles. The number of nitrogens with zero attached hydrogens (tertiary/aromatic N) is 1. The maximum absolute atomic E-state index is 11.8. The largest absolute Gasteiger partial charge is 0.497 e. The zero-order valence-corrected chi connectivity index (χ0v) is 13.0. The van der Waals surface area contributed by atoms with Crippen molar-refractivity contribution in [3.63, 3.8) is 0 Å². The van der Waals surface area contributed by atoms with Crippen LogP contribution in [0.15, 0.2) is 29.3 Å². The van der Waals surface area contributed by atoms with Gasteiger partial charge in [-0.1, -0.05) is 12.1 Å². The van der Waals surface area contributed by atoms with Gasteiger partial charge in [-0.15, -0.1) is 0 Å². The van der Waals surface area contributed by atoms with Gasteiger partial charge in [-0.3, -0.25) is 4.79 Å². The summed E-state index contributed by atoms with van der Waals surface area (Å²) in [4.78, 5) is 15.8. The highest BCUT2D eigenvalue weighted by Gasteiger charge is 2.29. The number of carbonyl (C=O) groups is 1. The van der Waals surface area contributed by atoms with Crippen LogP contribution in [0, 0.1) is 0 Å². The first-order valence-corrected chi connectivity index (χ1v) is 7.61. The third-order valence-electron chi connectivity index (χ3n) is 3.74. The van der Waals surface area contributed by atoms with Crippen molar-refractivity contribution in [2.45, 2.75) is 44.2 Å². The monoisotopic (exact) mass is 304 g/mol. The van der Waals surface area contributed by atoms with Crippen molar-refractivity contribution in [2.75, 3.05) is 7.11 Å². The van der Waals surface area contributed by atoms with Crippen LogP contribution in [-0.4, -0.2) is 30.3 Å². The highest BCUT2D eigenvalue weighted by atomic mass is 32.1. The molecule has 0 atom stereocenters. The summed E-state index contributed by atoms with van der Waals surface area (Å²) < 4.78 is 5.12. The van der Waals surface area contributed by atoms with Gasteiger partial charge in [-0.2, -0.15) is 0 Å². The molecule has 112 valence electrons. The lowest BCUT2D eigenvalue weighted by molar-refractivity contribution is -0.122. The second-order valence-electron chi connectivity index (χ2n) is 5.31. The molecule has 0 aliphatic heterocycles. The first kappa shape index (κ1) is 15.7. The van der Waals surface area contributed by atoms with Gasteiger partial charge < -0.3 is 10.1 Å². The summed E-state index contributed by atoms with van der Waals surface area (Å²) in [7, 11) is 1.66. The number of aryl methyl sites for hydroxylation is 1. The third-order valence-corrected chi connectivity index (χ3v) is 3.85. The Bertz CT molecular complexity index is 518. The Morgan fingerprint density at radius 2 is 2.14 bits per heavy atom. The van der Waals surface area contributed by atoms with Crippen molar-refractivity contribution in [3.8, 4) is 5.75 Å². The summed E-state index contributed by atoms with van der Waals surface area (Å²) in [5.74, 6) is 0.980. The highest BCUT2D eigenvalue weighted by molar-refractivity contribution is 7.78. The second-order valence-corrected chi connectivity index (χ2v) is 5.49. The third kappa shape index (κ3) is 4.96. The first-order chi connectivity index (χ1) is 10.2. The van der Waals surface area contributed by atoms with Gasteiger partial charge in [-0.25, -0.2) is 4.99 Å². The summed E-state index contributed by atoms with van der Waals surface area (Å²) in [6, 6.07) is 8.48. The molecular formula is C16H20N2O2S. The van der Waals surface area contributed by atoms with Crippen LogP contribution >= 0.6 is 12.2 Å². The summed E-state index contributed by atoms with van der Waals surface area (Å²) >= 11 is 4.56. The van der Waals surface area contributed by atoms with E-state index in [0.29, 0.717) is 6.42 Å². The van der Waals surface area contributed by atoms with Crippen LogP contribution in [0.4, 0.5) is 0 Å². The Balaban J connectivity index is 1.62. The maximum Gasteiger partial charge on any atom is 0.220 e. The Morgan fingerprint density at radius 1 is 1.43 bits per heavy atom. The van der Waals surface area contributed by atoms with Crippen molar-refractivity contribution in [3.05, 3.63) is 29.8 Å². The van der Waals surface area contributed by atoms with Gasteiger partial charge in [0, 0.05) is 12.5 Å². The van der Waals surface area contributed by atoms with Crippen LogP contribution in [0.25, 0.3) is 0 Å². The Labute approximate surface area is 130 Å². The van der Waals surface area contributed by atoms with Gasteiger partial charge in [0.15, 0.2) is 0 Å². The molecule has 0 heterocycles. The van der Waals surface area contributed by atoms with E-state index in [4.69, 9.17) is 4.74 Å². The lowest BCUT2D eigenvalue weighted by atomic mass is 9.87. The van der Waals surface area contributed by atoms with Gasteiger partial charge in [0.2, 0.25) is 5.91 Å². The molecule has 5 heteroatoms. The van der Waals surface area contributed by atoms with Crippen LogP contribution in [0.5, 0.6) is 5.75 Å². The smallest absolute Gasteiger partial charge is 0.220 e. The summed E-state index contributed by atoms with van der Waals surface area (Å²) in [5.41, 5.74) is 1.22. The minimum Gasteiger partial charge on any atom is -0.497 e. The fourth-order valence-electron chi connectivity index (χ4n) is 2.43. The van der Waals surface area contributed by atoms with Crippen LogP contribution < -0.4 is 10.1 Å². The van der Waals surface area contributed by atoms with Crippen molar-refractivity contribution in [1.82, 2.24) is 5.32 Å². The molecule has 0 radical (unpaired) electrons. The normalized spacial score (nSPS) is 20.0. The van der Waals surface area contributed by atoms with E-state index in [1.165, 1.54) is 5.56 Å². The molecule has 1 aromatic carbocycles. The number of amides is 1. The predicted octanol–water partition coefficient (Wildman–Crippen LogP) is 2.77. The van der Waals surface area contributed by atoms with E-state index in [1.807, 2.05) is 24.3 Å². The Morgan fingerprint density at radius 3 is 2.76 bits per heavy atom. The number of aliphatic imine (C=N–C) groups is 1. The van der Waals surface area contributed by atoms with Crippen LogP contribution in [0.2, 0.25) is 0 Å². The number of benzene rings is 1. The summed E-state index contributed by atoms with van der Waals surface area (Å²) in [5, 5.41) is 5.42. The minimum absolute atomic E-state index is 0.123. The zero-order chi connectivity index (χ0) is 15.1. The standard InChI is InChI=1S/C16H20N2O2S/c1-20-15-7-5-12(6-8-15)3-2-4-16(19)18-14-9-13(10-14)17-11-21/h5-8,13-14H,2-4,9-10H2,1H3,(H,18,19)/t13-,14+. The van der Waals surface area contributed by atoms with Crippen molar-refractivity contribution >= 4 is 23.3 Å². The highest BCUT2D eigenvalue weighted by Crippen LogP contribution is 2.23. The Kier molecular flexibility index (Phi) is 5.90. The maximum atomic E-state index is 11.8. The number of rotatable bonds is 7. The van der Waals surface area contributed by atoms with E-state index in [2.05, 4.69) is 27.7 Å². The number of thiocarbonyl (C=S) groups is 1.